The molecule has 0 aliphatic carbocycles. The number of nitrogens with two attached hydrogens (primary N) is 2. The van der Waals surface area contributed by atoms with Gasteiger partial charge in [-0.15, -0.1) is 0 Å². The van der Waals surface area contributed by atoms with Crippen LogP contribution in [0.5, 0.6) is 0 Å². The smallest absolute Gasteiger partial charge is 0.326 e. The van der Waals surface area contributed by atoms with Crippen molar-refractivity contribution in [2.75, 3.05) is 19.6 Å². The summed E-state index contributed by atoms with van der Waals surface area (Å²) in [5, 5.41) is 9.39. The SMILES string of the molecule is NC(=O)CC[C@H](N)C(=O)N1CCC[C@H]1C(=O)N1CCC[C@H]1C(=O)N1CCC[C@H]1C(=O)O. The van der Waals surface area contributed by atoms with Crippen molar-refractivity contribution in [2.24, 2.45) is 11.5 Å². The fourth-order valence-corrected chi connectivity index (χ4v) is 4.88. The Balaban J connectivity index is 1.69. The summed E-state index contributed by atoms with van der Waals surface area (Å²) in [6, 6.07) is -3.17. The molecule has 0 aromatic rings. The molecule has 3 fully saturated rings. The molecule has 4 atom stereocenters. The van der Waals surface area contributed by atoms with E-state index >= 15 is 0 Å². The van der Waals surface area contributed by atoms with Crippen LogP contribution in [0.15, 0.2) is 0 Å². The van der Waals surface area contributed by atoms with Crippen LogP contribution in [0.1, 0.15) is 51.4 Å². The second kappa shape index (κ2) is 9.63. The van der Waals surface area contributed by atoms with Gasteiger partial charge in [-0.25, -0.2) is 4.79 Å². The lowest BCUT2D eigenvalue weighted by atomic mass is 10.1. The van der Waals surface area contributed by atoms with Gasteiger partial charge in [0.05, 0.1) is 6.04 Å². The molecule has 0 saturated carbocycles. The van der Waals surface area contributed by atoms with Crippen molar-refractivity contribution in [3.05, 3.63) is 0 Å². The molecule has 11 heteroatoms. The number of carboxylic acid groups (broad SMARTS) is 1. The van der Waals surface area contributed by atoms with Crippen LogP contribution in [0.25, 0.3) is 0 Å². The first-order chi connectivity index (χ1) is 14.7. The summed E-state index contributed by atoms with van der Waals surface area (Å²) in [4.78, 5) is 66.0. The van der Waals surface area contributed by atoms with Crippen molar-refractivity contribution in [3.8, 4) is 0 Å². The van der Waals surface area contributed by atoms with E-state index in [4.69, 9.17) is 11.5 Å². The third-order valence-electron chi connectivity index (χ3n) is 6.48. The van der Waals surface area contributed by atoms with Crippen LogP contribution < -0.4 is 11.5 Å². The van der Waals surface area contributed by atoms with Crippen molar-refractivity contribution in [1.29, 1.82) is 0 Å². The average Bonchev–Trinajstić information content (AvgIpc) is 3.49. The lowest BCUT2D eigenvalue weighted by Gasteiger charge is -2.34. The van der Waals surface area contributed by atoms with E-state index in [9.17, 15) is 29.1 Å². The van der Waals surface area contributed by atoms with E-state index in [-0.39, 0.29) is 24.7 Å². The van der Waals surface area contributed by atoms with Gasteiger partial charge in [-0.3, -0.25) is 19.2 Å². The average molecular weight is 437 g/mol. The number of carboxylic acids is 1. The number of hydrogen-bond acceptors (Lipinski definition) is 6. The molecule has 3 aliphatic rings. The molecule has 0 spiro atoms. The fraction of sp³-hybridized carbons (Fsp3) is 0.750. The number of amides is 4. The van der Waals surface area contributed by atoms with Gasteiger partial charge < -0.3 is 31.3 Å². The quantitative estimate of drug-likeness (QED) is 0.442. The third kappa shape index (κ3) is 4.81. The number of nitrogens with zero attached hydrogens (tertiary/aromatic N) is 3. The summed E-state index contributed by atoms with van der Waals surface area (Å²) in [6.07, 6.45) is 3.38. The molecule has 3 rings (SSSR count). The van der Waals surface area contributed by atoms with Crippen molar-refractivity contribution >= 4 is 29.6 Å². The van der Waals surface area contributed by atoms with Crippen molar-refractivity contribution in [3.63, 3.8) is 0 Å². The summed E-state index contributed by atoms with van der Waals surface area (Å²) in [5.74, 6) is -2.60. The van der Waals surface area contributed by atoms with Gasteiger partial charge in [0.1, 0.15) is 18.1 Å². The van der Waals surface area contributed by atoms with Gasteiger partial charge in [0.2, 0.25) is 23.6 Å². The lowest BCUT2D eigenvalue weighted by Crippen LogP contribution is -2.56. The molecule has 3 heterocycles. The number of hydrogen-bond donors (Lipinski definition) is 3. The van der Waals surface area contributed by atoms with Crippen molar-refractivity contribution < 1.29 is 29.1 Å². The minimum Gasteiger partial charge on any atom is -0.480 e. The summed E-state index contributed by atoms with van der Waals surface area (Å²) in [6.45, 7) is 1.16. The molecule has 0 unspecified atom stereocenters. The van der Waals surface area contributed by atoms with Gasteiger partial charge in [-0.2, -0.15) is 0 Å². The monoisotopic (exact) mass is 437 g/mol. The molecule has 0 aromatic heterocycles. The minimum absolute atomic E-state index is 0.0113. The third-order valence-corrected chi connectivity index (χ3v) is 6.48. The molecule has 0 aromatic carbocycles. The maximum atomic E-state index is 13.3. The highest BCUT2D eigenvalue weighted by Crippen LogP contribution is 2.28. The highest BCUT2D eigenvalue weighted by atomic mass is 16.4. The lowest BCUT2D eigenvalue weighted by molar-refractivity contribution is -0.153. The highest BCUT2D eigenvalue weighted by molar-refractivity contribution is 5.95. The Labute approximate surface area is 180 Å². The fourth-order valence-electron chi connectivity index (χ4n) is 4.88. The Bertz CT molecular complexity index is 758. The van der Waals surface area contributed by atoms with Crippen LogP contribution in [0.2, 0.25) is 0 Å². The molecule has 3 aliphatic heterocycles. The van der Waals surface area contributed by atoms with Gasteiger partial charge in [-0.05, 0) is 44.9 Å². The first-order valence-electron chi connectivity index (χ1n) is 10.9. The maximum Gasteiger partial charge on any atom is 0.326 e. The Hall–Kier alpha value is -2.69. The van der Waals surface area contributed by atoms with Crippen LogP contribution in [0, 0.1) is 0 Å². The summed E-state index contributed by atoms with van der Waals surface area (Å²) >= 11 is 0. The van der Waals surface area contributed by atoms with Crippen LogP contribution >= 0.6 is 0 Å². The Morgan fingerprint density at radius 2 is 1.26 bits per heavy atom. The van der Waals surface area contributed by atoms with Gasteiger partial charge in [0.25, 0.3) is 0 Å². The van der Waals surface area contributed by atoms with Crippen LogP contribution in [0.3, 0.4) is 0 Å². The summed E-state index contributed by atoms with van der Waals surface area (Å²) < 4.78 is 0. The predicted molar refractivity (Wildman–Crippen MR) is 108 cm³/mol. The number of carbonyl (C=O) groups excluding carboxylic acids is 4. The van der Waals surface area contributed by atoms with E-state index < -0.39 is 42.0 Å². The zero-order valence-corrected chi connectivity index (χ0v) is 17.6. The number of likely N-dealkylation sites (tertiary alicyclic amines) is 3. The number of rotatable bonds is 7. The van der Waals surface area contributed by atoms with Gasteiger partial charge in [0, 0.05) is 26.1 Å². The highest BCUT2D eigenvalue weighted by Gasteiger charge is 2.45. The molecule has 3 saturated heterocycles. The van der Waals surface area contributed by atoms with Crippen LogP contribution in [0.4, 0.5) is 0 Å². The first kappa shape index (κ1) is 23.0. The standard InChI is InChI=1S/C20H31N5O6/c21-12(7-8-16(22)26)17(27)23-9-1-4-13(23)18(28)24-10-2-5-14(24)19(29)25-11-3-6-15(25)20(30)31/h12-15H,1-11,21H2,(H2,22,26)(H,30,31)/t12-,13-,14-,15-/m0/s1. The topological polar surface area (TPSA) is 167 Å². The first-order valence-corrected chi connectivity index (χ1v) is 10.9. The number of aliphatic carboxylic acids is 1. The molecular weight excluding hydrogens is 406 g/mol. The number of primary amides is 1. The van der Waals surface area contributed by atoms with Crippen LogP contribution in [-0.4, -0.2) is 93.2 Å². The van der Waals surface area contributed by atoms with E-state index in [0.717, 1.165) is 0 Å². The molecule has 31 heavy (non-hydrogen) atoms. The van der Waals surface area contributed by atoms with Crippen molar-refractivity contribution in [1.82, 2.24) is 14.7 Å². The van der Waals surface area contributed by atoms with Crippen LogP contribution in [-0.2, 0) is 24.0 Å². The molecule has 5 N–H and O–H groups in total. The second-order valence-corrected chi connectivity index (χ2v) is 8.52. The Kier molecular flexibility index (Phi) is 7.14. The predicted octanol–water partition coefficient (Wildman–Crippen LogP) is -1.36. The Morgan fingerprint density at radius 1 is 0.806 bits per heavy atom. The molecule has 0 radical (unpaired) electrons. The molecule has 172 valence electrons. The van der Waals surface area contributed by atoms with E-state index in [0.29, 0.717) is 58.2 Å². The minimum atomic E-state index is -1.03. The normalized spacial score (nSPS) is 26.9. The summed E-state index contributed by atoms with van der Waals surface area (Å²) in [7, 11) is 0. The van der Waals surface area contributed by atoms with E-state index in [2.05, 4.69) is 0 Å². The molecule has 11 nitrogen and oxygen atoms in total. The van der Waals surface area contributed by atoms with Gasteiger partial charge in [-0.1, -0.05) is 0 Å². The van der Waals surface area contributed by atoms with E-state index in [1.165, 1.54) is 14.7 Å². The van der Waals surface area contributed by atoms with E-state index in [1.807, 2.05) is 0 Å². The van der Waals surface area contributed by atoms with Gasteiger partial charge in [0.15, 0.2) is 0 Å². The Morgan fingerprint density at radius 3 is 1.77 bits per heavy atom. The zero-order valence-electron chi connectivity index (χ0n) is 17.6. The second-order valence-electron chi connectivity index (χ2n) is 8.52. The summed E-state index contributed by atoms with van der Waals surface area (Å²) in [5.41, 5.74) is 11.0. The van der Waals surface area contributed by atoms with E-state index in [1.54, 1.807) is 0 Å². The largest absolute Gasteiger partial charge is 0.480 e. The maximum absolute atomic E-state index is 13.3. The van der Waals surface area contributed by atoms with Crippen molar-refractivity contribution in [2.45, 2.75) is 75.5 Å². The number of carbonyl (C=O) groups is 5. The zero-order chi connectivity index (χ0) is 22.7. The molecule has 0 bridgehead atoms. The van der Waals surface area contributed by atoms with Gasteiger partial charge >= 0.3 is 5.97 Å². The molecule has 4 amide bonds. The molecular formula is C20H31N5O6.